The maximum Gasteiger partial charge on any atom is 0.347 e. The summed E-state index contributed by atoms with van der Waals surface area (Å²) in [5, 5.41) is 9.44. The molecule has 16 heavy (non-hydrogen) atoms. The van der Waals surface area contributed by atoms with Crippen LogP contribution in [0.2, 0.25) is 5.02 Å². The molecular formula is C12H15ClO3. The number of halogens is 1. The summed E-state index contributed by atoms with van der Waals surface area (Å²) in [4.78, 5) is 10.9. The molecule has 1 N–H and O–H groups in total. The second kappa shape index (κ2) is 4.74. The number of hydrogen-bond donors (Lipinski definition) is 1. The molecule has 1 aromatic rings. The molecule has 0 atom stereocenters. The van der Waals surface area contributed by atoms with Crippen LogP contribution in [-0.4, -0.2) is 16.7 Å². The lowest BCUT2D eigenvalue weighted by Crippen LogP contribution is -2.38. The molecular weight excluding hydrogens is 228 g/mol. The zero-order valence-electron chi connectivity index (χ0n) is 9.58. The van der Waals surface area contributed by atoms with Gasteiger partial charge in [-0.25, -0.2) is 4.79 Å². The molecule has 1 aromatic carbocycles. The van der Waals surface area contributed by atoms with E-state index < -0.39 is 11.6 Å². The highest BCUT2D eigenvalue weighted by Gasteiger charge is 2.30. The molecule has 0 saturated heterocycles. The zero-order valence-corrected chi connectivity index (χ0v) is 10.3. The Kier molecular flexibility index (Phi) is 3.81. The predicted molar refractivity (Wildman–Crippen MR) is 63.2 cm³/mol. The third-order valence-corrected chi connectivity index (χ3v) is 2.73. The summed E-state index contributed by atoms with van der Waals surface area (Å²) < 4.78 is 5.41. The number of ether oxygens (including phenoxy) is 1. The Morgan fingerprint density at radius 2 is 2.12 bits per heavy atom. The average Bonchev–Trinajstić information content (AvgIpc) is 2.20. The topological polar surface area (TPSA) is 46.5 Å². The van der Waals surface area contributed by atoms with Crippen molar-refractivity contribution >= 4 is 17.6 Å². The van der Waals surface area contributed by atoms with Crippen LogP contribution in [0.3, 0.4) is 0 Å². The summed E-state index contributed by atoms with van der Waals surface area (Å²) in [7, 11) is 0. The van der Waals surface area contributed by atoms with E-state index >= 15 is 0 Å². The van der Waals surface area contributed by atoms with Crippen LogP contribution in [0.4, 0.5) is 0 Å². The molecule has 1 rings (SSSR count). The number of rotatable bonds is 4. The normalized spacial score (nSPS) is 11.2. The number of hydrogen-bond acceptors (Lipinski definition) is 2. The van der Waals surface area contributed by atoms with E-state index in [1.165, 1.54) is 13.8 Å². The smallest absolute Gasteiger partial charge is 0.347 e. The van der Waals surface area contributed by atoms with Crippen LogP contribution in [0, 0.1) is 0 Å². The van der Waals surface area contributed by atoms with Gasteiger partial charge in [0, 0.05) is 0 Å². The minimum Gasteiger partial charge on any atom is -0.478 e. The first-order valence-electron chi connectivity index (χ1n) is 5.08. The minimum atomic E-state index is -1.28. The first-order valence-corrected chi connectivity index (χ1v) is 5.46. The average molecular weight is 243 g/mol. The van der Waals surface area contributed by atoms with Crippen LogP contribution in [0.25, 0.3) is 0 Å². The van der Waals surface area contributed by atoms with E-state index in [2.05, 4.69) is 0 Å². The molecule has 0 aliphatic rings. The third kappa shape index (κ3) is 2.67. The van der Waals surface area contributed by atoms with Gasteiger partial charge in [-0.15, -0.1) is 0 Å². The Bertz CT molecular complexity index is 399. The van der Waals surface area contributed by atoms with Crippen LogP contribution in [0.1, 0.15) is 26.3 Å². The monoisotopic (exact) mass is 242 g/mol. The SMILES string of the molecule is CCc1cccc(OC(C)(C)C(=O)O)c1Cl. The Morgan fingerprint density at radius 3 is 2.62 bits per heavy atom. The fourth-order valence-electron chi connectivity index (χ4n) is 1.23. The Hall–Kier alpha value is -1.22. The third-order valence-electron chi connectivity index (χ3n) is 2.30. The molecule has 0 heterocycles. The fourth-order valence-corrected chi connectivity index (χ4v) is 1.52. The van der Waals surface area contributed by atoms with Gasteiger partial charge in [0.25, 0.3) is 0 Å². The molecule has 0 unspecified atom stereocenters. The lowest BCUT2D eigenvalue weighted by atomic mass is 10.1. The molecule has 3 nitrogen and oxygen atoms in total. The summed E-state index contributed by atoms with van der Waals surface area (Å²) in [6.45, 7) is 4.96. The summed E-state index contributed by atoms with van der Waals surface area (Å²) in [6.07, 6.45) is 0.781. The number of carboxylic acids is 1. The van der Waals surface area contributed by atoms with Crippen molar-refractivity contribution in [2.24, 2.45) is 0 Å². The summed E-state index contributed by atoms with van der Waals surface area (Å²) in [5.41, 5.74) is -0.337. The van der Waals surface area contributed by atoms with Gasteiger partial charge in [0.2, 0.25) is 0 Å². The summed E-state index contributed by atoms with van der Waals surface area (Å²) in [6, 6.07) is 5.37. The second-order valence-corrected chi connectivity index (χ2v) is 4.38. The van der Waals surface area contributed by atoms with Gasteiger partial charge in [0.15, 0.2) is 5.60 Å². The van der Waals surface area contributed by atoms with Crippen molar-refractivity contribution in [3.8, 4) is 5.75 Å². The molecule has 88 valence electrons. The fraction of sp³-hybridized carbons (Fsp3) is 0.417. The van der Waals surface area contributed by atoms with E-state index in [4.69, 9.17) is 21.4 Å². The molecule has 0 saturated carbocycles. The second-order valence-electron chi connectivity index (χ2n) is 4.00. The molecule has 0 aromatic heterocycles. The zero-order chi connectivity index (χ0) is 12.3. The molecule has 0 radical (unpaired) electrons. The van der Waals surface area contributed by atoms with E-state index in [-0.39, 0.29) is 0 Å². The quantitative estimate of drug-likeness (QED) is 0.882. The molecule has 0 bridgehead atoms. The molecule has 0 spiro atoms. The van der Waals surface area contributed by atoms with Gasteiger partial charge in [0.05, 0.1) is 5.02 Å². The number of carboxylic acid groups (broad SMARTS) is 1. The van der Waals surface area contributed by atoms with Crippen molar-refractivity contribution in [3.63, 3.8) is 0 Å². The number of benzene rings is 1. The maximum absolute atomic E-state index is 10.9. The standard InChI is InChI=1S/C12H15ClO3/c1-4-8-6-5-7-9(10(8)13)16-12(2,3)11(14)15/h5-7H,4H2,1-3H3,(H,14,15). The Morgan fingerprint density at radius 1 is 1.50 bits per heavy atom. The van der Waals surface area contributed by atoms with Gasteiger partial charge >= 0.3 is 5.97 Å². The van der Waals surface area contributed by atoms with Crippen LogP contribution in [0.15, 0.2) is 18.2 Å². The van der Waals surface area contributed by atoms with Crippen LogP contribution in [-0.2, 0) is 11.2 Å². The van der Waals surface area contributed by atoms with Gasteiger partial charge in [-0.2, -0.15) is 0 Å². The van der Waals surface area contributed by atoms with Gasteiger partial charge in [-0.3, -0.25) is 0 Å². The van der Waals surface area contributed by atoms with E-state index in [1.807, 2.05) is 13.0 Å². The predicted octanol–water partition coefficient (Wildman–Crippen LogP) is 3.14. The lowest BCUT2D eigenvalue weighted by molar-refractivity contribution is -0.152. The van der Waals surface area contributed by atoms with Crippen LogP contribution in [0.5, 0.6) is 5.75 Å². The van der Waals surface area contributed by atoms with Crippen molar-refractivity contribution in [2.45, 2.75) is 32.8 Å². The van der Waals surface area contributed by atoms with Gasteiger partial charge in [-0.1, -0.05) is 30.7 Å². The van der Waals surface area contributed by atoms with Crippen molar-refractivity contribution in [3.05, 3.63) is 28.8 Å². The highest BCUT2D eigenvalue weighted by atomic mass is 35.5. The van der Waals surface area contributed by atoms with Crippen molar-refractivity contribution in [2.75, 3.05) is 0 Å². The molecule has 4 heteroatoms. The molecule has 0 aliphatic carbocycles. The van der Waals surface area contributed by atoms with Gasteiger partial charge < -0.3 is 9.84 Å². The number of carbonyl (C=O) groups is 1. The van der Waals surface area contributed by atoms with E-state index in [9.17, 15) is 4.79 Å². The Balaban J connectivity index is 3.02. The molecule has 0 amide bonds. The van der Waals surface area contributed by atoms with E-state index in [1.54, 1.807) is 12.1 Å². The molecule has 0 aliphatic heterocycles. The first kappa shape index (κ1) is 12.8. The maximum atomic E-state index is 10.9. The summed E-state index contributed by atoms with van der Waals surface area (Å²) in [5.74, 6) is -0.612. The molecule has 0 fully saturated rings. The first-order chi connectivity index (χ1) is 7.38. The van der Waals surface area contributed by atoms with Crippen LogP contribution < -0.4 is 4.74 Å². The van der Waals surface area contributed by atoms with Gasteiger partial charge in [0.1, 0.15) is 5.75 Å². The van der Waals surface area contributed by atoms with Crippen LogP contribution >= 0.6 is 11.6 Å². The van der Waals surface area contributed by atoms with E-state index in [0.29, 0.717) is 10.8 Å². The van der Waals surface area contributed by atoms with Gasteiger partial charge in [-0.05, 0) is 31.9 Å². The van der Waals surface area contributed by atoms with Crippen molar-refractivity contribution in [1.29, 1.82) is 0 Å². The van der Waals surface area contributed by atoms with Crippen molar-refractivity contribution < 1.29 is 14.6 Å². The summed E-state index contributed by atoms with van der Waals surface area (Å²) >= 11 is 6.10. The number of aryl methyl sites for hydroxylation is 1. The lowest BCUT2D eigenvalue weighted by Gasteiger charge is -2.22. The number of aliphatic carboxylic acids is 1. The minimum absolute atomic E-state index is 0.411. The Labute approximate surface area is 100.0 Å². The highest BCUT2D eigenvalue weighted by Crippen LogP contribution is 2.31. The highest BCUT2D eigenvalue weighted by molar-refractivity contribution is 6.32. The largest absolute Gasteiger partial charge is 0.478 e. The van der Waals surface area contributed by atoms with Crippen molar-refractivity contribution in [1.82, 2.24) is 0 Å². The van der Waals surface area contributed by atoms with E-state index in [0.717, 1.165) is 12.0 Å².